The van der Waals surface area contributed by atoms with E-state index in [-0.39, 0.29) is 17.5 Å². The van der Waals surface area contributed by atoms with Crippen molar-refractivity contribution in [2.75, 3.05) is 7.11 Å². The van der Waals surface area contributed by atoms with Gasteiger partial charge < -0.3 is 9.47 Å². The second kappa shape index (κ2) is 6.34. The Morgan fingerprint density at radius 3 is 2.84 bits per heavy atom. The standard InChI is InChI=1S/C22H30O3/c1-4-21(23)25-20-10-9-19-18-7-5-14-13-15(24-3)6-8-16(14)17(18)11-12-22(19,20)2/h6,8,13,17-20H,4-5,7,9-12H2,1-3H3/t17?,18?,19?,20-,22-/m0/s1. The maximum absolute atomic E-state index is 11.9. The summed E-state index contributed by atoms with van der Waals surface area (Å²) in [6.45, 7) is 4.28. The first-order chi connectivity index (χ1) is 12.1. The molecule has 0 spiro atoms. The molecule has 1 aromatic rings. The largest absolute Gasteiger partial charge is 0.497 e. The summed E-state index contributed by atoms with van der Waals surface area (Å²) in [5, 5.41) is 0. The monoisotopic (exact) mass is 342 g/mol. The van der Waals surface area contributed by atoms with Crippen molar-refractivity contribution < 1.29 is 14.3 Å². The fraction of sp³-hybridized carbons (Fsp3) is 0.682. The van der Waals surface area contributed by atoms with E-state index in [1.807, 2.05) is 6.92 Å². The number of rotatable bonds is 3. The van der Waals surface area contributed by atoms with E-state index in [9.17, 15) is 4.79 Å². The van der Waals surface area contributed by atoms with Crippen molar-refractivity contribution in [3.63, 3.8) is 0 Å². The average Bonchev–Trinajstić information content (AvgIpc) is 2.97. The smallest absolute Gasteiger partial charge is 0.305 e. The summed E-state index contributed by atoms with van der Waals surface area (Å²) in [6, 6.07) is 6.66. The predicted molar refractivity (Wildman–Crippen MR) is 97.8 cm³/mol. The lowest BCUT2D eigenvalue weighted by molar-refractivity contribution is -0.157. The lowest BCUT2D eigenvalue weighted by atomic mass is 9.55. The second-order valence-corrected chi connectivity index (χ2v) is 8.43. The van der Waals surface area contributed by atoms with E-state index in [1.54, 1.807) is 12.7 Å². The van der Waals surface area contributed by atoms with Crippen molar-refractivity contribution in [2.24, 2.45) is 17.3 Å². The lowest BCUT2D eigenvalue weighted by Crippen LogP contribution is -2.45. The maximum atomic E-state index is 11.9. The zero-order valence-corrected chi connectivity index (χ0v) is 15.7. The minimum absolute atomic E-state index is 0.0323. The van der Waals surface area contributed by atoms with Gasteiger partial charge in [0.25, 0.3) is 0 Å². The molecule has 136 valence electrons. The van der Waals surface area contributed by atoms with Crippen LogP contribution in [0, 0.1) is 17.3 Å². The van der Waals surface area contributed by atoms with E-state index >= 15 is 0 Å². The van der Waals surface area contributed by atoms with Crippen LogP contribution in [0.2, 0.25) is 0 Å². The van der Waals surface area contributed by atoms with E-state index in [2.05, 4.69) is 25.1 Å². The molecule has 0 amide bonds. The van der Waals surface area contributed by atoms with Crippen LogP contribution in [-0.2, 0) is 16.0 Å². The molecule has 3 heteroatoms. The summed E-state index contributed by atoms with van der Waals surface area (Å²) >= 11 is 0. The second-order valence-electron chi connectivity index (χ2n) is 8.43. The number of methoxy groups -OCH3 is 1. The van der Waals surface area contributed by atoms with Gasteiger partial charge in [0.2, 0.25) is 0 Å². The third kappa shape index (κ3) is 2.67. The molecule has 0 heterocycles. The summed E-state index contributed by atoms with van der Waals surface area (Å²) < 4.78 is 11.3. The molecule has 3 aliphatic rings. The van der Waals surface area contributed by atoms with Gasteiger partial charge in [0.05, 0.1) is 7.11 Å². The number of esters is 1. The van der Waals surface area contributed by atoms with Crippen molar-refractivity contribution in [1.82, 2.24) is 0 Å². The molecule has 2 saturated carbocycles. The summed E-state index contributed by atoms with van der Waals surface area (Å²) in [5.74, 6) is 3.05. The van der Waals surface area contributed by atoms with Crippen LogP contribution in [0.5, 0.6) is 5.75 Å². The number of benzene rings is 1. The van der Waals surface area contributed by atoms with E-state index in [1.165, 1.54) is 31.2 Å². The average molecular weight is 342 g/mol. The van der Waals surface area contributed by atoms with Crippen LogP contribution in [0.25, 0.3) is 0 Å². The van der Waals surface area contributed by atoms with E-state index in [0.717, 1.165) is 24.5 Å². The Bertz CT molecular complexity index is 667. The van der Waals surface area contributed by atoms with Crippen molar-refractivity contribution in [3.05, 3.63) is 29.3 Å². The van der Waals surface area contributed by atoms with Crippen molar-refractivity contribution >= 4 is 5.97 Å². The van der Waals surface area contributed by atoms with Gasteiger partial charge >= 0.3 is 5.97 Å². The summed E-state index contributed by atoms with van der Waals surface area (Å²) in [7, 11) is 1.75. The molecule has 4 rings (SSSR count). The van der Waals surface area contributed by atoms with Crippen LogP contribution in [0.3, 0.4) is 0 Å². The molecule has 0 radical (unpaired) electrons. The molecule has 0 aromatic heterocycles. The Labute approximate surface area is 151 Å². The first kappa shape index (κ1) is 16.9. The van der Waals surface area contributed by atoms with Crippen LogP contribution < -0.4 is 4.74 Å². The topological polar surface area (TPSA) is 35.5 Å². The molecule has 0 N–H and O–H groups in total. The minimum Gasteiger partial charge on any atom is -0.497 e. The number of hydrogen-bond donors (Lipinski definition) is 0. The van der Waals surface area contributed by atoms with Gasteiger partial charge in [-0.3, -0.25) is 4.79 Å². The summed E-state index contributed by atoms with van der Waals surface area (Å²) in [6.07, 6.45) is 7.68. The van der Waals surface area contributed by atoms with E-state index in [4.69, 9.17) is 9.47 Å². The Morgan fingerprint density at radius 1 is 1.24 bits per heavy atom. The molecule has 0 bridgehead atoms. The number of aryl methyl sites for hydroxylation is 1. The summed E-state index contributed by atoms with van der Waals surface area (Å²) in [5.41, 5.74) is 3.21. The van der Waals surface area contributed by atoms with Crippen LogP contribution in [0.1, 0.15) is 69.4 Å². The molecular weight excluding hydrogens is 312 g/mol. The highest BCUT2D eigenvalue weighted by Crippen LogP contribution is 2.61. The van der Waals surface area contributed by atoms with Gasteiger partial charge in [-0.15, -0.1) is 0 Å². The SMILES string of the molecule is CCC(=O)O[C@H]1CCC2C3CCc4cc(OC)ccc4C3CC[C@@]21C. The van der Waals surface area contributed by atoms with Gasteiger partial charge in [-0.25, -0.2) is 0 Å². The van der Waals surface area contributed by atoms with Crippen molar-refractivity contribution in [2.45, 2.75) is 70.8 Å². The molecule has 25 heavy (non-hydrogen) atoms. The zero-order chi connectivity index (χ0) is 17.6. The zero-order valence-electron chi connectivity index (χ0n) is 15.7. The number of hydrogen-bond acceptors (Lipinski definition) is 3. The third-order valence-corrected chi connectivity index (χ3v) is 7.41. The first-order valence-electron chi connectivity index (χ1n) is 9.93. The Hall–Kier alpha value is -1.51. The molecule has 5 atom stereocenters. The van der Waals surface area contributed by atoms with Crippen molar-refractivity contribution in [1.29, 1.82) is 0 Å². The third-order valence-electron chi connectivity index (χ3n) is 7.41. The molecular formula is C22H30O3. The van der Waals surface area contributed by atoms with Crippen molar-refractivity contribution in [3.8, 4) is 5.75 Å². The molecule has 3 nitrogen and oxygen atoms in total. The van der Waals surface area contributed by atoms with Gasteiger partial charge in [0.15, 0.2) is 0 Å². The van der Waals surface area contributed by atoms with Crippen LogP contribution in [0.15, 0.2) is 18.2 Å². The molecule has 0 saturated heterocycles. The minimum atomic E-state index is -0.0323. The van der Waals surface area contributed by atoms with Gasteiger partial charge in [-0.1, -0.05) is 19.9 Å². The van der Waals surface area contributed by atoms with E-state index < -0.39 is 0 Å². The Balaban J connectivity index is 1.58. The number of fused-ring (bicyclic) bond motifs is 5. The highest BCUT2D eigenvalue weighted by molar-refractivity contribution is 5.69. The normalized spacial score (nSPS) is 36.1. The van der Waals surface area contributed by atoms with Crippen LogP contribution in [-0.4, -0.2) is 19.2 Å². The molecule has 0 aliphatic heterocycles. The highest BCUT2D eigenvalue weighted by Gasteiger charge is 2.56. The Kier molecular flexibility index (Phi) is 4.29. The van der Waals surface area contributed by atoms with Crippen LogP contribution in [0.4, 0.5) is 0 Å². The van der Waals surface area contributed by atoms with Crippen LogP contribution >= 0.6 is 0 Å². The number of ether oxygens (including phenoxy) is 2. The molecule has 3 aliphatic carbocycles. The predicted octanol–water partition coefficient (Wildman–Crippen LogP) is 4.87. The fourth-order valence-electron chi connectivity index (χ4n) is 6.07. The Morgan fingerprint density at radius 2 is 2.08 bits per heavy atom. The number of carbonyl (C=O) groups excluding carboxylic acids is 1. The summed E-state index contributed by atoms with van der Waals surface area (Å²) in [4.78, 5) is 11.9. The van der Waals surface area contributed by atoms with Gasteiger partial charge in [-0.05, 0) is 79.5 Å². The number of carbonyl (C=O) groups is 1. The lowest BCUT2D eigenvalue weighted by Gasteiger charge is -2.50. The molecule has 1 aromatic carbocycles. The maximum Gasteiger partial charge on any atom is 0.305 e. The molecule has 3 unspecified atom stereocenters. The quantitative estimate of drug-likeness (QED) is 0.735. The van der Waals surface area contributed by atoms with E-state index in [0.29, 0.717) is 18.3 Å². The highest BCUT2D eigenvalue weighted by atomic mass is 16.5. The molecule has 2 fully saturated rings. The van der Waals surface area contributed by atoms with Gasteiger partial charge in [0, 0.05) is 11.8 Å². The van der Waals surface area contributed by atoms with Gasteiger partial charge in [0.1, 0.15) is 11.9 Å². The first-order valence-corrected chi connectivity index (χ1v) is 9.93. The van der Waals surface area contributed by atoms with Gasteiger partial charge in [-0.2, -0.15) is 0 Å². The fourth-order valence-corrected chi connectivity index (χ4v) is 6.07.